The summed E-state index contributed by atoms with van der Waals surface area (Å²) >= 11 is 5.17. The van der Waals surface area contributed by atoms with Crippen LogP contribution in [0.1, 0.15) is 25.0 Å². The van der Waals surface area contributed by atoms with Gasteiger partial charge in [0.1, 0.15) is 4.99 Å². The Labute approximate surface area is 121 Å². The van der Waals surface area contributed by atoms with E-state index in [0.717, 1.165) is 31.7 Å². The highest BCUT2D eigenvalue weighted by Crippen LogP contribution is 2.24. The van der Waals surface area contributed by atoms with Gasteiger partial charge < -0.3 is 10.6 Å². The average molecular weight is 277 g/mol. The molecular weight excluding hydrogens is 254 g/mol. The van der Waals surface area contributed by atoms with Crippen LogP contribution in [0.5, 0.6) is 0 Å². The van der Waals surface area contributed by atoms with E-state index in [1.807, 2.05) is 6.07 Å². The summed E-state index contributed by atoms with van der Waals surface area (Å²) in [6.45, 7) is 10.9. The molecule has 1 aliphatic rings. The minimum atomic E-state index is 0.487. The molecule has 0 saturated carbocycles. The molecule has 2 N–H and O–H groups in total. The second-order valence-electron chi connectivity index (χ2n) is 5.50. The fourth-order valence-electron chi connectivity index (χ4n) is 2.59. The van der Waals surface area contributed by atoms with Gasteiger partial charge in [0.25, 0.3) is 0 Å². The van der Waals surface area contributed by atoms with Crippen LogP contribution in [0, 0.1) is 6.92 Å². The molecule has 1 aromatic rings. The maximum absolute atomic E-state index is 5.84. The summed E-state index contributed by atoms with van der Waals surface area (Å²) < 4.78 is 0. The minimum Gasteiger partial charge on any atom is -0.389 e. The zero-order valence-electron chi connectivity index (χ0n) is 12.0. The van der Waals surface area contributed by atoms with Crippen molar-refractivity contribution in [1.29, 1.82) is 0 Å². The van der Waals surface area contributed by atoms with E-state index in [4.69, 9.17) is 18.0 Å². The molecule has 1 saturated heterocycles. The van der Waals surface area contributed by atoms with E-state index in [0.29, 0.717) is 11.0 Å². The molecule has 0 radical (unpaired) electrons. The van der Waals surface area contributed by atoms with Crippen LogP contribution in [-0.2, 0) is 0 Å². The van der Waals surface area contributed by atoms with E-state index in [1.165, 1.54) is 11.3 Å². The van der Waals surface area contributed by atoms with Crippen LogP contribution in [0.2, 0.25) is 0 Å². The summed E-state index contributed by atoms with van der Waals surface area (Å²) in [5.74, 6) is 0. The Kier molecular flexibility index (Phi) is 4.42. The molecule has 2 rings (SSSR count). The lowest BCUT2D eigenvalue weighted by molar-refractivity contribution is 0.209. The van der Waals surface area contributed by atoms with Gasteiger partial charge in [-0.15, -0.1) is 0 Å². The van der Waals surface area contributed by atoms with E-state index < -0.39 is 0 Å². The smallest absolute Gasteiger partial charge is 0.106 e. The second kappa shape index (κ2) is 5.88. The van der Waals surface area contributed by atoms with Gasteiger partial charge in [-0.3, -0.25) is 4.90 Å². The Morgan fingerprint density at radius 1 is 1.21 bits per heavy atom. The number of hydrogen-bond acceptors (Lipinski definition) is 3. The maximum atomic E-state index is 5.84. The van der Waals surface area contributed by atoms with Crippen molar-refractivity contribution < 1.29 is 0 Å². The van der Waals surface area contributed by atoms with Crippen molar-refractivity contribution in [2.24, 2.45) is 5.73 Å². The molecule has 0 aromatic heterocycles. The fourth-order valence-corrected chi connectivity index (χ4v) is 2.76. The minimum absolute atomic E-state index is 0.487. The van der Waals surface area contributed by atoms with E-state index in [-0.39, 0.29) is 0 Å². The van der Waals surface area contributed by atoms with Crippen LogP contribution in [0.4, 0.5) is 5.69 Å². The van der Waals surface area contributed by atoms with E-state index in [2.05, 4.69) is 42.7 Å². The van der Waals surface area contributed by atoms with Gasteiger partial charge in [-0.1, -0.05) is 18.3 Å². The quantitative estimate of drug-likeness (QED) is 0.858. The summed E-state index contributed by atoms with van der Waals surface area (Å²) in [5, 5.41) is 0. The lowest BCUT2D eigenvalue weighted by Gasteiger charge is -2.38. The van der Waals surface area contributed by atoms with Crippen LogP contribution in [0.15, 0.2) is 18.2 Å². The van der Waals surface area contributed by atoms with Gasteiger partial charge in [-0.2, -0.15) is 0 Å². The van der Waals surface area contributed by atoms with Crippen molar-refractivity contribution >= 4 is 22.9 Å². The van der Waals surface area contributed by atoms with Crippen molar-refractivity contribution in [2.75, 3.05) is 31.1 Å². The van der Waals surface area contributed by atoms with Gasteiger partial charge in [0.2, 0.25) is 0 Å². The predicted molar refractivity (Wildman–Crippen MR) is 86.0 cm³/mol. The first-order valence-corrected chi connectivity index (χ1v) is 7.29. The third kappa shape index (κ3) is 3.25. The molecule has 0 bridgehead atoms. The van der Waals surface area contributed by atoms with Crippen LogP contribution < -0.4 is 10.6 Å². The molecule has 1 heterocycles. The van der Waals surface area contributed by atoms with Crippen LogP contribution >= 0.6 is 12.2 Å². The Morgan fingerprint density at radius 3 is 2.37 bits per heavy atom. The summed E-state index contributed by atoms with van der Waals surface area (Å²) in [6, 6.07) is 6.93. The number of thiocarbonyl (C=S) groups is 1. The Bertz CT molecular complexity index is 462. The number of benzene rings is 1. The maximum Gasteiger partial charge on any atom is 0.106 e. The van der Waals surface area contributed by atoms with Gasteiger partial charge in [-0.05, 0) is 38.5 Å². The molecule has 0 aliphatic carbocycles. The van der Waals surface area contributed by atoms with Crippen LogP contribution in [-0.4, -0.2) is 42.1 Å². The highest BCUT2D eigenvalue weighted by Gasteiger charge is 2.21. The summed E-state index contributed by atoms with van der Waals surface area (Å²) in [5.41, 5.74) is 9.28. The van der Waals surface area contributed by atoms with E-state index >= 15 is 0 Å². The summed E-state index contributed by atoms with van der Waals surface area (Å²) in [7, 11) is 0. The van der Waals surface area contributed by atoms with Gasteiger partial charge in [0.05, 0.1) is 0 Å². The van der Waals surface area contributed by atoms with Gasteiger partial charge in [0, 0.05) is 43.5 Å². The molecule has 0 atom stereocenters. The normalized spacial score (nSPS) is 16.9. The third-order valence-electron chi connectivity index (χ3n) is 3.80. The van der Waals surface area contributed by atoms with Gasteiger partial charge >= 0.3 is 0 Å². The monoisotopic (exact) mass is 277 g/mol. The van der Waals surface area contributed by atoms with Crippen molar-refractivity contribution in [1.82, 2.24) is 4.90 Å². The Morgan fingerprint density at radius 2 is 1.84 bits per heavy atom. The molecule has 1 aliphatic heterocycles. The molecule has 19 heavy (non-hydrogen) atoms. The first kappa shape index (κ1) is 14.3. The fraction of sp³-hybridized carbons (Fsp3) is 0.533. The largest absolute Gasteiger partial charge is 0.389 e. The number of hydrogen-bond donors (Lipinski definition) is 1. The molecule has 4 heteroatoms. The number of piperazine rings is 1. The zero-order chi connectivity index (χ0) is 14.0. The number of aryl methyl sites for hydroxylation is 1. The van der Waals surface area contributed by atoms with E-state index in [9.17, 15) is 0 Å². The number of nitrogens with zero attached hydrogens (tertiary/aromatic N) is 2. The highest BCUT2D eigenvalue weighted by atomic mass is 32.1. The molecule has 0 spiro atoms. The second-order valence-corrected chi connectivity index (χ2v) is 5.94. The molecule has 3 nitrogen and oxygen atoms in total. The molecule has 1 aromatic carbocycles. The topological polar surface area (TPSA) is 32.5 Å². The zero-order valence-corrected chi connectivity index (χ0v) is 12.8. The summed E-state index contributed by atoms with van der Waals surface area (Å²) in [4.78, 5) is 5.40. The van der Waals surface area contributed by atoms with Gasteiger partial charge in [0.15, 0.2) is 0 Å². The third-order valence-corrected chi connectivity index (χ3v) is 4.02. The average Bonchev–Trinajstić information content (AvgIpc) is 2.38. The lowest BCUT2D eigenvalue weighted by Crippen LogP contribution is -2.49. The van der Waals surface area contributed by atoms with Crippen molar-refractivity contribution in [3.05, 3.63) is 29.3 Å². The standard InChI is InChI=1S/C15H23N3S/c1-11(2)17-6-8-18(9-7-17)14-10-12(3)4-5-13(14)15(16)19/h4-5,10-11H,6-9H2,1-3H3,(H2,16,19). The number of rotatable bonds is 3. The van der Waals surface area contributed by atoms with Crippen molar-refractivity contribution in [3.8, 4) is 0 Å². The van der Waals surface area contributed by atoms with Crippen LogP contribution in [0.3, 0.4) is 0 Å². The van der Waals surface area contributed by atoms with Crippen molar-refractivity contribution in [2.45, 2.75) is 26.8 Å². The molecule has 104 valence electrons. The van der Waals surface area contributed by atoms with Gasteiger partial charge in [-0.25, -0.2) is 0 Å². The molecule has 0 unspecified atom stereocenters. The van der Waals surface area contributed by atoms with Crippen molar-refractivity contribution in [3.63, 3.8) is 0 Å². The molecule has 1 fully saturated rings. The predicted octanol–water partition coefficient (Wildman–Crippen LogP) is 2.16. The molecular formula is C15H23N3S. The lowest BCUT2D eigenvalue weighted by atomic mass is 10.1. The highest BCUT2D eigenvalue weighted by molar-refractivity contribution is 7.80. The van der Waals surface area contributed by atoms with E-state index in [1.54, 1.807) is 0 Å². The Balaban J connectivity index is 2.19. The number of anilines is 1. The molecule has 0 amide bonds. The first-order valence-electron chi connectivity index (χ1n) is 6.88. The summed E-state index contributed by atoms with van der Waals surface area (Å²) in [6.07, 6.45) is 0. The SMILES string of the molecule is Cc1ccc(C(N)=S)c(N2CCN(C(C)C)CC2)c1. The number of nitrogens with two attached hydrogens (primary N) is 1. The first-order chi connectivity index (χ1) is 8.99. The Hall–Kier alpha value is -1.13. The van der Waals surface area contributed by atoms with Crippen LogP contribution in [0.25, 0.3) is 0 Å².